The van der Waals surface area contributed by atoms with Crippen molar-refractivity contribution < 1.29 is 0 Å². The number of hydrogen-bond acceptors (Lipinski definition) is 2. The van der Waals surface area contributed by atoms with Crippen molar-refractivity contribution in [2.75, 3.05) is 0 Å². The summed E-state index contributed by atoms with van der Waals surface area (Å²) in [5, 5.41) is 0. The van der Waals surface area contributed by atoms with Crippen LogP contribution in [0.1, 0.15) is 30.9 Å². The van der Waals surface area contributed by atoms with Crippen molar-refractivity contribution in [3.8, 4) is 11.3 Å². The van der Waals surface area contributed by atoms with Gasteiger partial charge in [-0.1, -0.05) is 26.0 Å². The largest absolute Gasteiger partial charge is 0.330 e. The fraction of sp³-hybridized carbons (Fsp3) is 0.286. The first-order valence-corrected chi connectivity index (χ1v) is 6.15. The molecule has 0 aliphatic rings. The topological polar surface area (TPSA) is 28.7 Å². The molecule has 2 rings (SSSR count). The highest BCUT2D eigenvalue weighted by Gasteiger charge is 2.06. The molecule has 1 aromatic carbocycles. The summed E-state index contributed by atoms with van der Waals surface area (Å²) in [6.07, 6.45) is 1.75. The number of aryl methyl sites for hydroxylation is 1. The van der Waals surface area contributed by atoms with Crippen LogP contribution in [0.25, 0.3) is 11.3 Å². The van der Waals surface area contributed by atoms with Crippen LogP contribution < -0.4 is 0 Å². The minimum atomic E-state index is 0.525. The van der Waals surface area contributed by atoms with Gasteiger partial charge in [-0.05, 0) is 48.3 Å². The van der Waals surface area contributed by atoms with Gasteiger partial charge >= 0.3 is 0 Å². The van der Waals surface area contributed by atoms with Gasteiger partial charge in [0.25, 0.3) is 0 Å². The lowest BCUT2D eigenvalue weighted by atomic mass is 9.96. The molecule has 1 heterocycles. The smallest absolute Gasteiger partial charge is 0.197 e. The molecule has 0 amide bonds. The zero-order chi connectivity index (χ0) is 12.4. The molecule has 1 aromatic heterocycles. The van der Waals surface area contributed by atoms with Gasteiger partial charge in [-0.15, -0.1) is 0 Å². The zero-order valence-corrected chi connectivity index (χ0v) is 11.1. The Kier molecular flexibility index (Phi) is 3.38. The van der Waals surface area contributed by atoms with Gasteiger partial charge in [0.15, 0.2) is 4.77 Å². The van der Waals surface area contributed by atoms with Crippen LogP contribution in [0.4, 0.5) is 0 Å². The van der Waals surface area contributed by atoms with Gasteiger partial charge in [-0.3, -0.25) is 0 Å². The summed E-state index contributed by atoms with van der Waals surface area (Å²) in [5.74, 6) is 0.527. The van der Waals surface area contributed by atoms with Crippen molar-refractivity contribution in [3.05, 3.63) is 46.4 Å². The highest BCUT2D eigenvalue weighted by Crippen LogP contribution is 2.25. The quantitative estimate of drug-likeness (QED) is 0.800. The molecule has 0 unspecified atom stereocenters. The van der Waals surface area contributed by atoms with Crippen molar-refractivity contribution in [3.63, 3.8) is 0 Å². The lowest BCUT2D eigenvalue weighted by molar-refractivity contribution is 0.866. The molecule has 3 heteroatoms. The minimum Gasteiger partial charge on any atom is -0.330 e. The predicted molar refractivity (Wildman–Crippen MR) is 73.7 cm³/mol. The molecule has 0 spiro atoms. The maximum absolute atomic E-state index is 5.06. The van der Waals surface area contributed by atoms with Crippen molar-refractivity contribution in [1.29, 1.82) is 0 Å². The summed E-state index contributed by atoms with van der Waals surface area (Å²) < 4.78 is 0.525. The summed E-state index contributed by atoms with van der Waals surface area (Å²) in [5.41, 5.74) is 4.81. The van der Waals surface area contributed by atoms with Crippen LogP contribution in [0.15, 0.2) is 30.5 Å². The molecule has 0 saturated carbocycles. The molecule has 2 nitrogen and oxygen atoms in total. The first kappa shape index (κ1) is 12.0. The fourth-order valence-corrected chi connectivity index (χ4v) is 1.99. The maximum atomic E-state index is 5.06. The first-order valence-electron chi connectivity index (χ1n) is 5.74. The molecule has 0 aliphatic carbocycles. The molecule has 1 N–H and O–H groups in total. The van der Waals surface area contributed by atoms with Crippen molar-refractivity contribution in [2.45, 2.75) is 26.7 Å². The Balaban J connectivity index is 2.58. The number of aromatic amines is 1. The van der Waals surface area contributed by atoms with Crippen molar-refractivity contribution >= 4 is 12.2 Å². The molecule has 88 valence electrons. The number of aromatic nitrogens is 2. The van der Waals surface area contributed by atoms with E-state index in [1.165, 1.54) is 16.7 Å². The Morgan fingerprint density at radius 2 is 2.00 bits per heavy atom. The predicted octanol–water partition coefficient (Wildman–Crippen LogP) is 4.24. The number of H-pyrrole nitrogens is 1. The van der Waals surface area contributed by atoms with Gasteiger partial charge in [0.2, 0.25) is 0 Å². The van der Waals surface area contributed by atoms with Crippen LogP contribution >= 0.6 is 12.2 Å². The average Bonchev–Trinajstić information content (AvgIpc) is 2.29. The van der Waals surface area contributed by atoms with Gasteiger partial charge in [0.05, 0.1) is 0 Å². The van der Waals surface area contributed by atoms with E-state index in [0.29, 0.717) is 10.7 Å². The Labute approximate surface area is 107 Å². The van der Waals surface area contributed by atoms with Gasteiger partial charge < -0.3 is 4.98 Å². The van der Waals surface area contributed by atoms with Crippen LogP contribution in [-0.2, 0) is 0 Å². The van der Waals surface area contributed by atoms with Gasteiger partial charge in [-0.2, -0.15) is 0 Å². The molecule has 0 atom stereocenters. The highest BCUT2D eigenvalue weighted by molar-refractivity contribution is 7.71. The summed E-state index contributed by atoms with van der Waals surface area (Å²) in [6.45, 7) is 6.50. The van der Waals surface area contributed by atoms with Gasteiger partial charge in [0.1, 0.15) is 0 Å². The minimum absolute atomic E-state index is 0.525. The third kappa shape index (κ3) is 2.61. The van der Waals surface area contributed by atoms with E-state index in [4.69, 9.17) is 12.2 Å². The van der Waals surface area contributed by atoms with E-state index >= 15 is 0 Å². The zero-order valence-electron chi connectivity index (χ0n) is 10.3. The monoisotopic (exact) mass is 244 g/mol. The first-order chi connectivity index (χ1) is 8.08. The van der Waals surface area contributed by atoms with E-state index in [1.807, 2.05) is 6.07 Å². The summed E-state index contributed by atoms with van der Waals surface area (Å²) in [6, 6.07) is 8.52. The third-order valence-electron chi connectivity index (χ3n) is 2.89. The Morgan fingerprint density at radius 3 is 2.65 bits per heavy atom. The Morgan fingerprint density at radius 1 is 1.24 bits per heavy atom. The average molecular weight is 244 g/mol. The van der Waals surface area contributed by atoms with E-state index in [2.05, 4.69) is 48.9 Å². The number of nitrogens with one attached hydrogen (secondary N) is 1. The fourth-order valence-electron chi connectivity index (χ4n) is 1.81. The molecule has 0 bridgehead atoms. The van der Waals surface area contributed by atoms with Crippen molar-refractivity contribution in [2.24, 2.45) is 0 Å². The van der Waals surface area contributed by atoms with E-state index in [1.54, 1.807) is 6.20 Å². The molecule has 0 radical (unpaired) electrons. The van der Waals surface area contributed by atoms with E-state index < -0.39 is 0 Å². The van der Waals surface area contributed by atoms with Gasteiger partial charge in [-0.25, -0.2) is 4.98 Å². The van der Waals surface area contributed by atoms with Crippen LogP contribution in [0, 0.1) is 11.7 Å². The second kappa shape index (κ2) is 4.80. The van der Waals surface area contributed by atoms with Crippen LogP contribution in [0.2, 0.25) is 0 Å². The number of hydrogen-bond donors (Lipinski definition) is 1. The standard InChI is InChI=1S/C14H16N2S/c1-9(2)11-5-4-10(3)12(8-11)13-6-7-15-14(17)16-13/h4-9H,1-3H3,(H,15,16,17). The summed E-state index contributed by atoms with van der Waals surface area (Å²) >= 11 is 5.06. The Bertz CT molecular complexity index is 585. The highest BCUT2D eigenvalue weighted by atomic mass is 32.1. The SMILES string of the molecule is Cc1ccc(C(C)C)cc1-c1ccnc(=S)[nH]1. The number of nitrogens with zero attached hydrogens (tertiary/aromatic N) is 1. The van der Waals surface area contributed by atoms with Crippen LogP contribution in [-0.4, -0.2) is 9.97 Å². The molecular formula is C14H16N2S. The summed E-state index contributed by atoms with van der Waals surface area (Å²) in [7, 11) is 0. The van der Waals surface area contributed by atoms with Crippen LogP contribution in [0.5, 0.6) is 0 Å². The molecule has 0 fully saturated rings. The Hall–Kier alpha value is -1.48. The van der Waals surface area contributed by atoms with Gasteiger partial charge in [0, 0.05) is 17.5 Å². The molecule has 0 saturated heterocycles. The molecular weight excluding hydrogens is 228 g/mol. The molecule has 2 aromatic rings. The van der Waals surface area contributed by atoms with E-state index in [9.17, 15) is 0 Å². The molecule has 0 aliphatic heterocycles. The lowest BCUT2D eigenvalue weighted by Crippen LogP contribution is -1.93. The summed E-state index contributed by atoms with van der Waals surface area (Å²) in [4.78, 5) is 7.15. The maximum Gasteiger partial charge on any atom is 0.197 e. The number of rotatable bonds is 2. The number of benzene rings is 1. The second-order valence-electron chi connectivity index (χ2n) is 4.52. The second-order valence-corrected chi connectivity index (χ2v) is 4.90. The van der Waals surface area contributed by atoms with Crippen LogP contribution in [0.3, 0.4) is 0 Å². The normalized spacial score (nSPS) is 10.8. The van der Waals surface area contributed by atoms with Crippen molar-refractivity contribution in [1.82, 2.24) is 9.97 Å². The molecule has 17 heavy (non-hydrogen) atoms. The third-order valence-corrected chi connectivity index (χ3v) is 3.10. The lowest BCUT2D eigenvalue weighted by Gasteiger charge is -2.11. The van der Waals surface area contributed by atoms with E-state index in [-0.39, 0.29) is 0 Å². The van der Waals surface area contributed by atoms with E-state index in [0.717, 1.165) is 5.69 Å².